The summed E-state index contributed by atoms with van der Waals surface area (Å²) in [5.74, 6) is 1.76. The van der Waals surface area contributed by atoms with Gasteiger partial charge in [0.2, 0.25) is 0 Å². The summed E-state index contributed by atoms with van der Waals surface area (Å²) in [5.41, 5.74) is 2.02. The molecule has 0 N–H and O–H groups in total. The number of halogens is 1. The van der Waals surface area contributed by atoms with Crippen LogP contribution in [0.15, 0.2) is 60.7 Å². The molecule has 3 rings (SSSR count). The summed E-state index contributed by atoms with van der Waals surface area (Å²) in [4.78, 5) is 2.03. The molecule has 0 saturated heterocycles. The zero-order valence-electron chi connectivity index (χ0n) is 17.7. The third-order valence-corrected chi connectivity index (χ3v) is 5.93. The van der Waals surface area contributed by atoms with E-state index in [1.807, 2.05) is 67.5 Å². The smallest absolute Gasteiger partial charge is 0.169 e. The van der Waals surface area contributed by atoms with Crippen LogP contribution in [0, 0.1) is 5.82 Å². The van der Waals surface area contributed by atoms with E-state index in [2.05, 4.69) is 0 Å². The van der Waals surface area contributed by atoms with Crippen LogP contribution in [0.2, 0.25) is 0 Å². The van der Waals surface area contributed by atoms with Crippen molar-refractivity contribution in [2.24, 2.45) is 0 Å². The summed E-state index contributed by atoms with van der Waals surface area (Å²) >= 11 is 0. The van der Waals surface area contributed by atoms with Crippen LogP contribution in [0.25, 0.3) is 0 Å². The molecule has 6 heteroatoms. The first-order valence-corrected chi connectivity index (χ1v) is 10.6. The van der Waals surface area contributed by atoms with Gasteiger partial charge in [0, 0.05) is 17.9 Å². The summed E-state index contributed by atoms with van der Waals surface area (Å²) in [7, 11) is 7.45. The Morgan fingerprint density at radius 3 is 2.33 bits per heavy atom. The van der Waals surface area contributed by atoms with Gasteiger partial charge in [-0.25, -0.2) is 4.39 Å². The van der Waals surface area contributed by atoms with Gasteiger partial charge in [0.15, 0.2) is 11.5 Å². The molecule has 0 fully saturated rings. The number of hydrogen-bond donors (Lipinski definition) is 0. The summed E-state index contributed by atoms with van der Waals surface area (Å²) < 4.78 is 31.2. The predicted octanol–water partition coefficient (Wildman–Crippen LogP) is 4.11. The normalized spacial score (nSPS) is 11.3. The van der Waals surface area contributed by atoms with E-state index in [1.54, 1.807) is 20.3 Å². The van der Waals surface area contributed by atoms with Gasteiger partial charge in [-0.05, 0) is 48.7 Å². The second-order valence-electron chi connectivity index (χ2n) is 7.14. The van der Waals surface area contributed by atoms with Crippen LogP contribution < -0.4 is 24.8 Å². The van der Waals surface area contributed by atoms with Crippen LogP contribution in [-0.2, 0) is 13.2 Å². The lowest BCUT2D eigenvalue weighted by molar-refractivity contribution is 0.286. The number of methoxy groups -OCH3 is 2. The maximum absolute atomic E-state index is 13.9. The first-order valence-electron chi connectivity index (χ1n) is 9.63. The molecule has 0 aliphatic carbocycles. The molecule has 0 saturated carbocycles. The van der Waals surface area contributed by atoms with E-state index < -0.39 is 0 Å². The minimum Gasteiger partial charge on any atom is -0.497 e. The fourth-order valence-corrected chi connectivity index (χ4v) is 4.41. The molecule has 0 aliphatic heterocycles. The quantitative estimate of drug-likeness (QED) is 0.481. The van der Waals surface area contributed by atoms with Gasteiger partial charge in [-0.3, -0.25) is 0 Å². The van der Waals surface area contributed by atoms with Crippen LogP contribution in [0.3, 0.4) is 0 Å². The first kappa shape index (κ1) is 22.1. The van der Waals surface area contributed by atoms with Gasteiger partial charge in [0.25, 0.3) is 0 Å². The zero-order valence-corrected chi connectivity index (χ0v) is 18.7. The monoisotopic (exact) mass is 427 g/mol. The van der Waals surface area contributed by atoms with E-state index in [4.69, 9.17) is 14.2 Å². The lowest BCUT2D eigenvalue weighted by Crippen LogP contribution is -2.19. The molecular formula is C24H27FNO3P. The van der Waals surface area contributed by atoms with Crippen LogP contribution in [0.5, 0.6) is 17.2 Å². The predicted molar refractivity (Wildman–Crippen MR) is 122 cm³/mol. The van der Waals surface area contributed by atoms with Crippen molar-refractivity contribution >= 4 is 19.2 Å². The zero-order chi connectivity index (χ0) is 21.5. The molecule has 0 aliphatic rings. The second kappa shape index (κ2) is 10.4. The van der Waals surface area contributed by atoms with Crippen LogP contribution in [-0.4, -0.2) is 33.2 Å². The van der Waals surface area contributed by atoms with Crippen molar-refractivity contribution < 1.29 is 18.6 Å². The van der Waals surface area contributed by atoms with Crippen LogP contribution in [0.4, 0.5) is 4.39 Å². The van der Waals surface area contributed by atoms with Crippen molar-refractivity contribution in [3.8, 4) is 17.2 Å². The summed E-state index contributed by atoms with van der Waals surface area (Å²) in [5, 5.41) is 2.01. The molecule has 158 valence electrons. The van der Waals surface area contributed by atoms with Gasteiger partial charge in [-0.2, -0.15) is 0 Å². The number of ether oxygens (including phenoxy) is 3. The van der Waals surface area contributed by atoms with Gasteiger partial charge in [-0.1, -0.05) is 45.0 Å². The summed E-state index contributed by atoms with van der Waals surface area (Å²) in [6, 6.07) is 18.7. The lowest BCUT2D eigenvalue weighted by atomic mass is 10.2. The summed E-state index contributed by atoms with van der Waals surface area (Å²) in [6.07, 6.45) is 0. The third-order valence-electron chi connectivity index (χ3n) is 4.53. The van der Waals surface area contributed by atoms with Crippen molar-refractivity contribution in [1.82, 2.24) is 4.90 Å². The molecule has 3 aromatic rings. The minimum absolute atomic E-state index is 0.232. The Hall–Kier alpha value is -2.62. The molecule has 0 amide bonds. The molecule has 1 unspecified atom stereocenters. The van der Waals surface area contributed by atoms with Gasteiger partial charge in [-0.15, -0.1) is 0 Å². The fourth-order valence-electron chi connectivity index (χ4n) is 3.12. The Kier molecular flexibility index (Phi) is 7.67. The van der Waals surface area contributed by atoms with Gasteiger partial charge in [0.05, 0.1) is 14.2 Å². The van der Waals surface area contributed by atoms with E-state index in [-0.39, 0.29) is 14.4 Å². The third kappa shape index (κ3) is 5.71. The number of nitrogens with zero attached hydrogens (tertiary/aromatic N) is 1. The molecule has 0 bridgehead atoms. The minimum atomic E-state index is -0.232. The molecule has 0 aromatic heterocycles. The van der Waals surface area contributed by atoms with Crippen LogP contribution in [0.1, 0.15) is 11.1 Å². The van der Waals surface area contributed by atoms with Crippen molar-refractivity contribution in [2.75, 3.05) is 28.3 Å². The van der Waals surface area contributed by atoms with Crippen molar-refractivity contribution in [3.63, 3.8) is 0 Å². The van der Waals surface area contributed by atoms with E-state index in [1.165, 1.54) is 6.07 Å². The number of hydrogen-bond acceptors (Lipinski definition) is 4. The summed E-state index contributed by atoms with van der Waals surface area (Å²) in [6.45, 7) is 1.08. The molecule has 0 heterocycles. The number of rotatable bonds is 9. The van der Waals surface area contributed by atoms with Crippen molar-refractivity contribution in [3.05, 3.63) is 77.6 Å². The Morgan fingerprint density at radius 2 is 1.67 bits per heavy atom. The van der Waals surface area contributed by atoms with E-state index in [9.17, 15) is 4.39 Å². The fraction of sp³-hybridized carbons (Fsp3) is 0.250. The highest BCUT2D eigenvalue weighted by Crippen LogP contribution is 2.35. The average molecular weight is 427 g/mol. The SMILES string of the molecule is COc1cc(OC)c(OCc2ccccc2)c(Pc2ccc(F)cc2CN(C)C)c1. The molecule has 3 aromatic carbocycles. The van der Waals surface area contributed by atoms with Crippen molar-refractivity contribution in [2.45, 2.75) is 13.2 Å². The van der Waals surface area contributed by atoms with Gasteiger partial charge < -0.3 is 19.1 Å². The maximum Gasteiger partial charge on any atom is 0.169 e. The van der Waals surface area contributed by atoms with Crippen LogP contribution >= 0.6 is 8.58 Å². The Bertz CT molecular complexity index is 980. The molecule has 30 heavy (non-hydrogen) atoms. The second-order valence-corrected chi connectivity index (χ2v) is 8.47. The van der Waals surface area contributed by atoms with Crippen molar-refractivity contribution in [1.29, 1.82) is 0 Å². The number of benzene rings is 3. The highest BCUT2D eigenvalue weighted by molar-refractivity contribution is 7.55. The lowest BCUT2D eigenvalue weighted by Gasteiger charge is -2.19. The van der Waals surface area contributed by atoms with E-state index in [0.717, 1.165) is 21.7 Å². The molecule has 0 spiro atoms. The van der Waals surface area contributed by atoms with Gasteiger partial charge in [0.1, 0.15) is 18.2 Å². The van der Waals surface area contributed by atoms with E-state index in [0.29, 0.717) is 30.4 Å². The highest BCUT2D eigenvalue weighted by atomic mass is 31.1. The maximum atomic E-state index is 13.9. The highest BCUT2D eigenvalue weighted by Gasteiger charge is 2.17. The standard InChI is InChI=1S/C24H27FNO3P/c1-26(2)15-18-12-19(25)10-11-22(18)30-23-14-20(27-3)13-21(28-4)24(23)29-16-17-8-6-5-7-9-17/h5-14,30H,15-16H2,1-4H3. The molecular weight excluding hydrogens is 400 g/mol. The average Bonchev–Trinajstić information content (AvgIpc) is 2.74. The topological polar surface area (TPSA) is 30.9 Å². The Balaban J connectivity index is 1.98. The molecule has 0 radical (unpaired) electrons. The molecule has 1 atom stereocenters. The Morgan fingerprint density at radius 1 is 0.900 bits per heavy atom. The van der Waals surface area contributed by atoms with Gasteiger partial charge >= 0.3 is 0 Å². The van der Waals surface area contributed by atoms with E-state index >= 15 is 0 Å². The molecule has 4 nitrogen and oxygen atoms in total. The Labute approximate surface area is 179 Å². The first-order chi connectivity index (χ1) is 14.5. The largest absolute Gasteiger partial charge is 0.497 e.